The van der Waals surface area contributed by atoms with Gasteiger partial charge in [0.25, 0.3) is 0 Å². The first-order valence-electron chi connectivity index (χ1n) is 7.87. The van der Waals surface area contributed by atoms with E-state index in [0.29, 0.717) is 17.2 Å². The SMILES string of the molecule is Cc1nc(-c2ccccn2)ncc1OC(=O)Nn1ccc2ncccc21. The number of nitrogens with zero attached hydrogens (tertiary/aromatic N) is 5. The van der Waals surface area contributed by atoms with E-state index in [0.717, 1.165) is 11.0 Å². The highest BCUT2D eigenvalue weighted by molar-refractivity contribution is 5.83. The van der Waals surface area contributed by atoms with E-state index < -0.39 is 6.09 Å². The molecule has 1 N–H and O–H groups in total. The van der Waals surface area contributed by atoms with Crippen LogP contribution in [0.5, 0.6) is 5.75 Å². The third kappa shape index (κ3) is 3.07. The van der Waals surface area contributed by atoms with E-state index in [-0.39, 0.29) is 5.75 Å². The molecule has 26 heavy (non-hydrogen) atoms. The summed E-state index contributed by atoms with van der Waals surface area (Å²) in [6.07, 6.45) is 5.87. The quantitative estimate of drug-likeness (QED) is 0.613. The highest BCUT2D eigenvalue weighted by atomic mass is 16.6. The minimum Gasteiger partial charge on any atom is -0.406 e. The zero-order valence-electron chi connectivity index (χ0n) is 13.8. The molecule has 4 heterocycles. The van der Waals surface area contributed by atoms with Gasteiger partial charge in [-0.15, -0.1) is 0 Å². The van der Waals surface area contributed by atoms with Gasteiger partial charge >= 0.3 is 6.09 Å². The van der Waals surface area contributed by atoms with Gasteiger partial charge in [0.15, 0.2) is 11.6 Å². The van der Waals surface area contributed by atoms with Crippen molar-refractivity contribution >= 4 is 17.1 Å². The van der Waals surface area contributed by atoms with Crippen molar-refractivity contribution in [3.63, 3.8) is 0 Å². The molecule has 8 heteroatoms. The number of nitrogens with one attached hydrogen (secondary N) is 1. The Morgan fingerprint density at radius 2 is 1.96 bits per heavy atom. The Balaban J connectivity index is 1.51. The van der Waals surface area contributed by atoms with E-state index in [1.807, 2.05) is 24.3 Å². The average Bonchev–Trinajstić information content (AvgIpc) is 3.07. The Hall–Kier alpha value is -3.81. The van der Waals surface area contributed by atoms with Gasteiger partial charge in [-0.25, -0.2) is 20.2 Å². The number of rotatable bonds is 3. The van der Waals surface area contributed by atoms with Crippen LogP contribution in [0.1, 0.15) is 5.69 Å². The smallest absolute Gasteiger partial charge is 0.406 e. The number of pyridine rings is 2. The van der Waals surface area contributed by atoms with E-state index in [2.05, 4.69) is 25.4 Å². The second kappa shape index (κ2) is 6.60. The van der Waals surface area contributed by atoms with Crippen molar-refractivity contribution in [2.45, 2.75) is 6.92 Å². The maximum Gasteiger partial charge on any atom is 0.432 e. The summed E-state index contributed by atoms with van der Waals surface area (Å²) in [5.41, 5.74) is 5.36. The Kier molecular flexibility index (Phi) is 3.98. The van der Waals surface area contributed by atoms with Crippen LogP contribution in [0.3, 0.4) is 0 Å². The van der Waals surface area contributed by atoms with Gasteiger partial charge in [-0.2, -0.15) is 0 Å². The molecule has 0 saturated carbocycles. The molecule has 128 valence electrons. The summed E-state index contributed by atoms with van der Waals surface area (Å²) in [4.78, 5) is 29.2. The number of hydrogen-bond donors (Lipinski definition) is 1. The van der Waals surface area contributed by atoms with Gasteiger partial charge in [0.2, 0.25) is 0 Å². The van der Waals surface area contributed by atoms with Gasteiger partial charge in [0.1, 0.15) is 5.69 Å². The van der Waals surface area contributed by atoms with Crippen LogP contribution in [-0.2, 0) is 0 Å². The monoisotopic (exact) mass is 346 g/mol. The van der Waals surface area contributed by atoms with Crippen LogP contribution in [0.15, 0.2) is 61.2 Å². The van der Waals surface area contributed by atoms with Crippen molar-refractivity contribution < 1.29 is 9.53 Å². The average molecular weight is 346 g/mol. The molecule has 4 aromatic heterocycles. The van der Waals surface area contributed by atoms with E-state index in [1.165, 1.54) is 6.20 Å². The zero-order chi connectivity index (χ0) is 17.9. The molecule has 0 fully saturated rings. The van der Waals surface area contributed by atoms with Gasteiger partial charge in [-0.1, -0.05) is 6.07 Å². The lowest BCUT2D eigenvalue weighted by molar-refractivity contribution is 0.211. The number of amides is 1. The molecule has 0 spiro atoms. The molecule has 0 aliphatic rings. The number of carbonyl (C=O) groups is 1. The number of aromatic nitrogens is 5. The number of ether oxygens (including phenoxy) is 1. The lowest BCUT2D eigenvalue weighted by Gasteiger charge is -2.10. The molecule has 1 amide bonds. The van der Waals surface area contributed by atoms with Crippen molar-refractivity contribution in [2.24, 2.45) is 0 Å². The summed E-state index contributed by atoms with van der Waals surface area (Å²) in [5, 5.41) is 0. The van der Waals surface area contributed by atoms with Crippen LogP contribution in [0.25, 0.3) is 22.6 Å². The fourth-order valence-corrected chi connectivity index (χ4v) is 2.46. The lowest BCUT2D eigenvalue weighted by atomic mass is 10.3. The van der Waals surface area contributed by atoms with Crippen LogP contribution < -0.4 is 10.2 Å². The maximum absolute atomic E-state index is 12.2. The summed E-state index contributed by atoms with van der Waals surface area (Å²) in [5.74, 6) is 0.745. The predicted octanol–water partition coefficient (Wildman–Crippen LogP) is 2.94. The first kappa shape index (κ1) is 15.7. The summed E-state index contributed by atoms with van der Waals surface area (Å²) in [6, 6.07) is 10.9. The molecule has 0 saturated heterocycles. The van der Waals surface area contributed by atoms with Crippen molar-refractivity contribution in [3.05, 3.63) is 66.9 Å². The normalized spacial score (nSPS) is 10.7. The van der Waals surface area contributed by atoms with E-state index in [9.17, 15) is 4.79 Å². The molecule has 0 aromatic carbocycles. The van der Waals surface area contributed by atoms with Crippen LogP contribution in [0, 0.1) is 6.92 Å². The van der Waals surface area contributed by atoms with E-state index in [1.54, 1.807) is 42.3 Å². The predicted molar refractivity (Wildman–Crippen MR) is 95.1 cm³/mol. The largest absolute Gasteiger partial charge is 0.432 e. The molecule has 0 aliphatic carbocycles. The molecular weight excluding hydrogens is 332 g/mol. The van der Waals surface area contributed by atoms with E-state index >= 15 is 0 Å². The standard InChI is InChI=1S/C18H14N6O2/c1-12-16(11-21-17(22-12)14-5-2-3-8-20-14)26-18(25)23-24-10-7-13-15(24)6-4-9-19-13/h2-11H,1H3,(H,23,25). The van der Waals surface area contributed by atoms with Crippen molar-refractivity contribution in [1.82, 2.24) is 24.6 Å². The first-order valence-corrected chi connectivity index (χ1v) is 7.87. The Labute approximate surface area is 148 Å². The minimum absolute atomic E-state index is 0.275. The third-order valence-corrected chi connectivity index (χ3v) is 3.70. The van der Waals surface area contributed by atoms with Crippen LogP contribution >= 0.6 is 0 Å². The maximum atomic E-state index is 12.2. The number of fused-ring (bicyclic) bond motifs is 1. The molecule has 0 bridgehead atoms. The fraction of sp³-hybridized carbons (Fsp3) is 0.0556. The number of hydrogen-bond acceptors (Lipinski definition) is 6. The van der Waals surface area contributed by atoms with Crippen molar-refractivity contribution in [1.29, 1.82) is 0 Å². The van der Waals surface area contributed by atoms with Crippen LogP contribution in [0.4, 0.5) is 4.79 Å². The van der Waals surface area contributed by atoms with Gasteiger partial charge in [-0.05, 0) is 37.3 Å². The second-order valence-electron chi connectivity index (χ2n) is 5.45. The molecular formula is C18H14N6O2. The topological polar surface area (TPSA) is 94.8 Å². The number of carbonyl (C=O) groups excluding carboxylic acids is 1. The van der Waals surface area contributed by atoms with Crippen LogP contribution in [0.2, 0.25) is 0 Å². The third-order valence-electron chi connectivity index (χ3n) is 3.70. The summed E-state index contributed by atoms with van der Waals surface area (Å²) in [6.45, 7) is 1.74. The Morgan fingerprint density at radius 1 is 1.08 bits per heavy atom. The minimum atomic E-state index is -0.649. The summed E-state index contributed by atoms with van der Waals surface area (Å²) >= 11 is 0. The Bertz CT molecular complexity index is 1080. The van der Waals surface area contributed by atoms with Crippen molar-refractivity contribution in [2.75, 3.05) is 5.43 Å². The molecule has 0 radical (unpaired) electrons. The summed E-state index contributed by atoms with van der Waals surface area (Å²) < 4.78 is 6.87. The van der Waals surface area contributed by atoms with Gasteiger partial charge in [-0.3, -0.25) is 14.6 Å². The first-order chi connectivity index (χ1) is 12.7. The zero-order valence-corrected chi connectivity index (χ0v) is 13.8. The summed E-state index contributed by atoms with van der Waals surface area (Å²) in [7, 11) is 0. The van der Waals surface area contributed by atoms with Gasteiger partial charge in [0.05, 0.1) is 22.9 Å². The highest BCUT2D eigenvalue weighted by Gasteiger charge is 2.12. The van der Waals surface area contributed by atoms with Gasteiger partial charge in [0, 0.05) is 18.6 Å². The fourth-order valence-electron chi connectivity index (χ4n) is 2.46. The number of aryl methyl sites for hydroxylation is 1. The molecule has 8 nitrogen and oxygen atoms in total. The molecule has 0 unspecified atom stereocenters. The van der Waals surface area contributed by atoms with Gasteiger partial charge < -0.3 is 4.74 Å². The molecule has 4 rings (SSSR count). The van der Waals surface area contributed by atoms with Crippen LogP contribution in [-0.4, -0.2) is 30.7 Å². The molecule has 4 aromatic rings. The molecule has 0 atom stereocenters. The lowest BCUT2D eigenvalue weighted by Crippen LogP contribution is -2.25. The second-order valence-corrected chi connectivity index (χ2v) is 5.45. The van der Waals surface area contributed by atoms with Crippen molar-refractivity contribution in [3.8, 4) is 17.3 Å². The Morgan fingerprint density at radius 3 is 2.77 bits per heavy atom. The highest BCUT2D eigenvalue weighted by Crippen LogP contribution is 2.19. The van der Waals surface area contributed by atoms with E-state index in [4.69, 9.17) is 4.74 Å². The molecule has 0 aliphatic heterocycles.